The molecule has 0 N–H and O–H groups in total. The van der Waals surface area contributed by atoms with E-state index >= 15 is 0 Å². The van der Waals surface area contributed by atoms with Gasteiger partial charge >= 0.3 is 12.1 Å². The van der Waals surface area contributed by atoms with Crippen LogP contribution in [0.4, 0.5) is 4.79 Å². The zero-order valence-corrected chi connectivity index (χ0v) is 8.46. The number of carbonyl (C=O) groups is 2. The molecule has 0 fully saturated rings. The third kappa shape index (κ3) is 13.7. The molecule has 0 unspecified atom stereocenters. The third-order valence-corrected chi connectivity index (χ3v) is 1.02. The summed E-state index contributed by atoms with van der Waals surface area (Å²) in [5, 5.41) is 0. The van der Waals surface area contributed by atoms with Crippen molar-refractivity contribution in [1.29, 1.82) is 0 Å². The minimum Gasteiger partial charge on any atom is -0.469 e. The standard InChI is InChI=1S/C5H10O2.C3H6O3/c1-3-4-5(6)7-2;1-5-3(4)6-2/h3-4H2,1-2H3;1-2H3. The van der Waals surface area contributed by atoms with Gasteiger partial charge in [0.05, 0.1) is 21.3 Å². The van der Waals surface area contributed by atoms with Gasteiger partial charge in [0.25, 0.3) is 0 Å². The topological polar surface area (TPSA) is 61.8 Å². The molecule has 5 heteroatoms. The quantitative estimate of drug-likeness (QED) is 0.618. The van der Waals surface area contributed by atoms with Crippen molar-refractivity contribution in [1.82, 2.24) is 0 Å². The Bertz CT molecular complexity index is 137. The highest BCUT2D eigenvalue weighted by atomic mass is 16.7. The van der Waals surface area contributed by atoms with Crippen molar-refractivity contribution in [3.8, 4) is 0 Å². The molecule has 0 heterocycles. The molecule has 0 aliphatic carbocycles. The number of hydrogen-bond acceptors (Lipinski definition) is 5. The van der Waals surface area contributed by atoms with Crippen LogP contribution in [0.3, 0.4) is 0 Å². The Labute approximate surface area is 78.0 Å². The predicted octanol–water partition coefficient (Wildman–Crippen LogP) is 1.36. The molecule has 0 aliphatic rings. The summed E-state index contributed by atoms with van der Waals surface area (Å²) in [7, 11) is 3.91. The van der Waals surface area contributed by atoms with E-state index in [-0.39, 0.29) is 5.97 Å². The minimum absolute atomic E-state index is 0.123. The summed E-state index contributed by atoms with van der Waals surface area (Å²) in [6, 6.07) is 0. The fraction of sp³-hybridized carbons (Fsp3) is 0.750. The second-order valence-electron chi connectivity index (χ2n) is 1.98. The lowest BCUT2D eigenvalue weighted by Gasteiger charge is -1.91. The Morgan fingerprint density at radius 1 is 1.00 bits per heavy atom. The van der Waals surface area contributed by atoms with Gasteiger partial charge in [0.2, 0.25) is 0 Å². The molecule has 0 amide bonds. The average Bonchev–Trinajstić information content (AvgIpc) is 2.18. The molecule has 0 bridgehead atoms. The van der Waals surface area contributed by atoms with Gasteiger partial charge in [-0.3, -0.25) is 4.79 Å². The number of carbonyl (C=O) groups excluding carboxylic acids is 2. The maximum Gasteiger partial charge on any atom is 0.507 e. The van der Waals surface area contributed by atoms with Crippen LogP contribution in [0, 0.1) is 0 Å². The molecule has 78 valence electrons. The summed E-state index contributed by atoms with van der Waals surface area (Å²) in [4.78, 5) is 19.9. The number of esters is 1. The summed E-state index contributed by atoms with van der Waals surface area (Å²) in [6.45, 7) is 1.94. The van der Waals surface area contributed by atoms with Crippen LogP contribution in [-0.4, -0.2) is 33.5 Å². The van der Waals surface area contributed by atoms with E-state index in [1.165, 1.54) is 21.3 Å². The Morgan fingerprint density at radius 3 is 1.54 bits per heavy atom. The van der Waals surface area contributed by atoms with Crippen LogP contribution in [0.1, 0.15) is 19.8 Å². The van der Waals surface area contributed by atoms with E-state index in [9.17, 15) is 9.59 Å². The van der Waals surface area contributed by atoms with Gasteiger partial charge in [-0.25, -0.2) is 4.79 Å². The van der Waals surface area contributed by atoms with Gasteiger partial charge in [-0.05, 0) is 6.42 Å². The first-order chi connectivity index (χ1) is 6.12. The molecule has 0 atom stereocenters. The average molecular weight is 192 g/mol. The molecule has 5 nitrogen and oxygen atoms in total. The fourth-order valence-corrected chi connectivity index (χ4v) is 0.390. The Hall–Kier alpha value is -1.26. The van der Waals surface area contributed by atoms with E-state index in [4.69, 9.17) is 0 Å². The van der Waals surface area contributed by atoms with Gasteiger partial charge in [-0.15, -0.1) is 0 Å². The minimum atomic E-state index is -0.657. The highest BCUT2D eigenvalue weighted by molar-refractivity contribution is 5.68. The first-order valence-electron chi connectivity index (χ1n) is 3.81. The van der Waals surface area contributed by atoms with Crippen molar-refractivity contribution in [3.63, 3.8) is 0 Å². The molecule has 0 saturated carbocycles. The van der Waals surface area contributed by atoms with Gasteiger partial charge in [-0.1, -0.05) is 6.92 Å². The second kappa shape index (κ2) is 10.7. The first kappa shape index (κ1) is 14.3. The van der Waals surface area contributed by atoms with Crippen molar-refractivity contribution < 1.29 is 23.8 Å². The molecule has 0 aliphatic heterocycles. The van der Waals surface area contributed by atoms with Crippen molar-refractivity contribution in [2.45, 2.75) is 19.8 Å². The number of methoxy groups -OCH3 is 3. The monoisotopic (exact) mass is 192 g/mol. The zero-order chi connectivity index (χ0) is 10.7. The summed E-state index contributed by atoms with van der Waals surface area (Å²) in [5.74, 6) is -0.123. The van der Waals surface area contributed by atoms with Gasteiger partial charge in [0.1, 0.15) is 0 Å². The second-order valence-corrected chi connectivity index (χ2v) is 1.98. The molecule has 13 heavy (non-hydrogen) atoms. The van der Waals surface area contributed by atoms with E-state index in [2.05, 4.69) is 14.2 Å². The van der Waals surface area contributed by atoms with Crippen LogP contribution in [0.25, 0.3) is 0 Å². The SMILES string of the molecule is CCCC(=O)OC.COC(=O)OC. The van der Waals surface area contributed by atoms with Crippen molar-refractivity contribution >= 4 is 12.1 Å². The normalized spacial score (nSPS) is 7.69. The Kier molecular flexibility index (Phi) is 11.8. The van der Waals surface area contributed by atoms with Crippen LogP contribution in [-0.2, 0) is 19.0 Å². The molecule has 0 aromatic heterocycles. The lowest BCUT2D eigenvalue weighted by molar-refractivity contribution is -0.140. The van der Waals surface area contributed by atoms with E-state index in [0.29, 0.717) is 6.42 Å². The third-order valence-electron chi connectivity index (χ3n) is 1.02. The fourth-order valence-electron chi connectivity index (χ4n) is 0.390. The molecule has 0 radical (unpaired) electrons. The number of ether oxygens (including phenoxy) is 3. The maximum atomic E-state index is 10.2. The van der Waals surface area contributed by atoms with E-state index in [1.54, 1.807) is 0 Å². The predicted molar refractivity (Wildman–Crippen MR) is 46.3 cm³/mol. The van der Waals surface area contributed by atoms with E-state index < -0.39 is 6.16 Å². The Balaban J connectivity index is 0. The number of rotatable bonds is 2. The first-order valence-corrected chi connectivity index (χ1v) is 3.81. The molecular formula is C8H16O5. The summed E-state index contributed by atoms with van der Waals surface area (Å²) >= 11 is 0. The summed E-state index contributed by atoms with van der Waals surface area (Å²) in [6.07, 6.45) is 0.749. The van der Waals surface area contributed by atoms with Gasteiger partial charge in [0, 0.05) is 6.42 Å². The van der Waals surface area contributed by atoms with Crippen molar-refractivity contribution in [2.24, 2.45) is 0 Å². The molecule has 0 spiro atoms. The zero-order valence-electron chi connectivity index (χ0n) is 8.46. The molecule has 0 aromatic rings. The lowest BCUT2D eigenvalue weighted by Crippen LogP contribution is -1.97. The Morgan fingerprint density at radius 2 is 1.46 bits per heavy atom. The number of hydrogen-bond donors (Lipinski definition) is 0. The highest BCUT2D eigenvalue weighted by Gasteiger charge is 1.92. The van der Waals surface area contributed by atoms with Gasteiger partial charge < -0.3 is 14.2 Å². The van der Waals surface area contributed by atoms with Gasteiger partial charge in [-0.2, -0.15) is 0 Å². The summed E-state index contributed by atoms with van der Waals surface area (Å²) < 4.78 is 12.4. The van der Waals surface area contributed by atoms with Crippen LogP contribution < -0.4 is 0 Å². The molecular weight excluding hydrogens is 176 g/mol. The van der Waals surface area contributed by atoms with E-state index in [0.717, 1.165) is 6.42 Å². The molecule has 0 rings (SSSR count). The maximum absolute atomic E-state index is 10.2. The van der Waals surface area contributed by atoms with Crippen LogP contribution in [0.2, 0.25) is 0 Å². The lowest BCUT2D eigenvalue weighted by atomic mass is 10.3. The molecule has 0 aromatic carbocycles. The molecule has 0 saturated heterocycles. The van der Waals surface area contributed by atoms with Crippen LogP contribution in [0.5, 0.6) is 0 Å². The summed E-state index contributed by atoms with van der Waals surface area (Å²) in [5.41, 5.74) is 0. The van der Waals surface area contributed by atoms with Crippen LogP contribution in [0.15, 0.2) is 0 Å². The largest absolute Gasteiger partial charge is 0.507 e. The highest BCUT2D eigenvalue weighted by Crippen LogP contribution is 1.86. The van der Waals surface area contributed by atoms with E-state index in [1.807, 2.05) is 6.92 Å². The smallest absolute Gasteiger partial charge is 0.469 e. The van der Waals surface area contributed by atoms with Crippen LogP contribution >= 0.6 is 0 Å². The van der Waals surface area contributed by atoms with Gasteiger partial charge in [0.15, 0.2) is 0 Å². The van der Waals surface area contributed by atoms with Crippen molar-refractivity contribution in [2.75, 3.05) is 21.3 Å². The van der Waals surface area contributed by atoms with Crippen molar-refractivity contribution in [3.05, 3.63) is 0 Å².